The molecule has 0 amide bonds. The first-order valence-corrected chi connectivity index (χ1v) is 9.64. The first-order valence-electron chi connectivity index (χ1n) is 7.79. The van der Waals surface area contributed by atoms with Gasteiger partial charge in [0.1, 0.15) is 0 Å². The molecular weight excluding hydrogens is 332 g/mol. The van der Waals surface area contributed by atoms with Crippen LogP contribution in [0.25, 0.3) is 10.8 Å². The number of hydrogen-bond donors (Lipinski definition) is 1. The monoisotopic (exact) mass is 372 g/mol. The summed E-state index contributed by atoms with van der Waals surface area (Å²) in [5, 5.41) is 2.62. The van der Waals surface area contributed by atoms with Crippen molar-refractivity contribution in [1.29, 1.82) is 0 Å². The van der Waals surface area contributed by atoms with E-state index < -0.39 is 10.1 Å². The fraction of sp³-hybridized carbons (Fsp3) is 0.524. The van der Waals surface area contributed by atoms with E-state index in [1.54, 1.807) is 0 Å². The second kappa shape index (κ2) is 17.4. The molecule has 4 heteroatoms. The van der Waals surface area contributed by atoms with Crippen LogP contribution in [0.15, 0.2) is 48.5 Å². The summed E-state index contributed by atoms with van der Waals surface area (Å²) in [6, 6.07) is 16.7. The van der Waals surface area contributed by atoms with Gasteiger partial charge >= 0.3 is 0 Å². The van der Waals surface area contributed by atoms with Crippen molar-refractivity contribution in [2.45, 2.75) is 56.4 Å². The van der Waals surface area contributed by atoms with Gasteiger partial charge in [0.15, 0.2) is 0 Å². The van der Waals surface area contributed by atoms with Crippen LogP contribution in [0, 0.1) is 11.8 Å². The minimum absolute atomic E-state index is 0. The Balaban J connectivity index is -0.000000128. The molecule has 0 atom stereocenters. The maximum atomic E-state index is 9.19. The lowest BCUT2D eigenvalue weighted by Gasteiger charge is -1.92. The van der Waals surface area contributed by atoms with E-state index in [0.717, 1.165) is 11.8 Å². The fourth-order valence-electron chi connectivity index (χ4n) is 1.13. The number of rotatable bonds is 0. The molecule has 0 unspecified atom stereocenters. The van der Waals surface area contributed by atoms with Crippen LogP contribution in [-0.2, 0) is 10.1 Å². The fourth-order valence-corrected chi connectivity index (χ4v) is 1.13. The summed E-state index contributed by atoms with van der Waals surface area (Å²) >= 11 is 0. The number of hydrogen-bond acceptors (Lipinski definition) is 2. The predicted octanol–water partition coefficient (Wildman–Crippen LogP) is 6.94. The third-order valence-electron chi connectivity index (χ3n) is 1.66. The molecule has 2 aromatic rings. The Bertz CT molecular complexity index is 533. The van der Waals surface area contributed by atoms with Crippen LogP contribution in [0.4, 0.5) is 0 Å². The van der Waals surface area contributed by atoms with Gasteiger partial charge in [-0.2, -0.15) is 8.42 Å². The lowest BCUT2D eigenvalue weighted by atomic mass is 10.1. The zero-order chi connectivity index (χ0) is 18.5. The van der Waals surface area contributed by atoms with Gasteiger partial charge in [-0.15, -0.1) is 0 Å². The molecular formula is C21H40O3S. The smallest absolute Gasteiger partial charge is 0.261 e. The van der Waals surface area contributed by atoms with Crippen molar-refractivity contribution in [3.8, 4) is 0 Å². The van der Waals surface area contributed by atoms with Gasteiger partial charge in [0.05, 0.1) is 6.26 Å². The van der Waals surface area contributed by atoms with Crippen molar-refractivity contribution in [2.75, 3.05) is 6.26 Å². The normalized spacial score (nSPS) is 9.20. The molecule has 0 aromatic heterocycles. The summed E-state index contributed by atoms with van der Waals surface area (Å²) in [5.74, 6) is 1.67. The van der Waals surface area contributed by atoms with E-state index in [1.807, 2.05) is 0 Å². The Morgan fingerprint density at radius 1 is 0.680 bits per heavy atom. The number of benzene rings is 2. The second-order valence-electron chi connectivity index (χ2n) is 6.54. The largest absolute Gasteiger partial charge is 0.286 e. The Hall–Kier alpha value is -1.39. The van der Waals surface area contributed by atoms with Crippen molar-refractivity contribution in [1.82, 2.24) is 0 Å². The molecule has 1 N–H and O–H groups in total. The van der Waals surface area contributed by atoms with Gasteiger partial charge in [0, 0.05) is 0 Å². The Kier molecular flexibility index (Phi) is 21.9. The highest BCUT2D eigenvalue weighted by molar-refractivity contribution is 7.85. The van der Waals surface area contributed by atoms with E-state index in [9.17, 15) is 8.42 Å². The zero-order valence-electron chi connectivity index (χ0n) is 15.4. The van der Waals surface area contributed by atoms with Gasteiger partial charge in [-0.05, 0) is 22.6 Å². The summed E-state index contributed by atoms with van der Waals surface area (Å²) in [6.45, 7) is 13.0. The van der Waals surface area contributed by atoms with E-state index >= 15 is 0 Å². The van der Waals surface area contributed by atoms with E-state index in [4.69, 9.17) is 4.55 Å². The first kappa shape index (κ1) is 31.4. The molecule has 0 spiro atoms. The molecule has 0 saturated carbocycles. The van der Waals surface area contributed by atoms with Crippen molar-refractivity contribution in [3.63, 3.8) is 0 Å². The van der Waals surface area contributed by atoms with Crippen LogP contribution in [0.1, 0.15) is 56.4 Å². The van der Waals surface area contributed by atoms with Gasteiger partial charge in [-0.3, -0.25) is 4.55 Å². The molecule has 0 saturated heterocycles. The third kappa shape index (κ3) is 34.8. The second-order valence-corrected chi connectivity index (χ2v) is 8.01. The van der Waals surface area contributed by atoms with Crippen molar-refractivity contribution in [3.05, 3.63) is 48.5 Å². The zero-order valence-corrected chi connectivity index (χ0v) is 16.3. The number of fused-ring (bicyclic) bond motifs is 1. The van der Waals surface area contributed by atoms with Gasteiger partial charge < -0.3 is 0 Å². The van der Waals surface area contributed by atoms with E-state index in [2.05, 4.69) is 90.1 Å². The van der Waals surface area contributed by atoms with E-state index in [0.29, 0.717) is 6.26 Å². The Labute approximate surface area is 157 Å². The molecule has 148 valence electrons. The summed E-state index contributed by atoms with van der Waals surface area (Å²) in [6.07, 6.45) is 0.715. The van der Waals surface area contributed by atoms with Gasteiger partial charge in [0.2, 0.25) is 0 Å². The summed E-state index contributed by atoms with van der Waals surface area (Å²) in [4.78, 5) is 0. The predicted molar refractivity (Wildman–Crippen MR) is 116 cm³/mol. The third-order valence-corrected chi connectivity index (χ3v) is 1.66. The molecule has 0 bridgehead atoms. The molecule has 0 fully saturated rings. The van der Waals surface area contributed by atoms with E-state index in [1.165, 1.54) is 10.8 Å². The minimum Gasteiger partial charge on any atom is -0.286 e. The van der Waals surface area contributed by atoms with Crippen molar-refractivity contribution >= 4 is 20.9 Å². The molecule has 2 rings (SSSR count). The van der Waals surface area contributed by atoms with Crippen LogP contribution >= 0.6 is 0 Å². The highest BCUT2D eigenvalue weighted by atomic mass is 32.2. The Morgan fingerprint density at radius 3 is 0.920 bits per heavy atom. The molecule has 0 aliphatic carbocycles. The average Bonchev–Trinajstić information content (AvgIpc) is 2.35. The maximum Gasteiger partial charge on any atom is 0.261 e. The SMILES string of the molecule is C.C.CC(C)C.CC(C)C.CS(=O)(=O)O.c1ccc2ccccc2c1. The molecule has 0 aliphatic rings. The maximum absolute atomic E-state index is 9.19. The molecule has 25 heavy (non-hydrogen) atoms. The lowest BCUT2D eigenvalue weighted by Crippen LogP contribution is -1.88. The lowest BCUT2D eigenvalue weighted by molar-refractivity contribution is 0.490. The molecule has 0 radical (unpaired) electrons. The molecule has 0 aliphatic heterocycles. The first-order chi connectivity index (χ1) is 10.4. The standard InChI is InChI=1S/C10H8.2C4H10.CH4O3S.2CH4/c1-2-6-10-8-4-3-7-9(10)5-1;2*1-4(2)3;1-5(2,3)4;;/h1-8H;2*4H,1-3H3;1H3,(H,2,3,4);2*1H4. The van der Waals surface area contributed by atoms with Crippen molar-refractivity contribution < 1.29 is 13.0 Å². The highest BCUT2D eigenvalue weighted by Crippen LogP contribution is 2.11. The highest BCUT2D eigenvalue weighted by Gasteiger charge is 1.85. The van der Waals surface area contributed by atoms with Gasteiger partial charge in [-0.1, -0.05) is 105 Å². The topological polar surface area (TPSA) is 54.4 Å². The molecule has 0 heterocycles. The van der Waals surface area contributed by atoms with Gasteiger partial charge in [0.25, 0.3) is 10.1 Å². The Morgan fingerprint density at radius 2 is 0.800 bits per heavy atom. The summed E-state index contributed by atoms with van der Waals surface area (Å²) in [5.41, 5.74) is 0. The quantitative estimate of drug-likeness (QED) is 0.509. The molecule has 2 aromatic carbocycles. The van der Waals surface area contributed by atoms with Crippen LogP contribution in [0.2, 0.25) is 0 Å². The molecule has 3 nitrogen and oxygen atoms in total. The van der Waals surface area contributed by atoms with Crippen LogP contribution in [0.3, 0.4) is 0 Å². The summed E-state index contributed by atoms with van der Waals surface area (Å²) in [7, 11) is -3.67. The van der Waals surface area contributed by atoms with Gasteiger partial charge in [-0.25, -0.2) is 0 Å². The minimum atomic E-state index is -3.67. The van der Waals surface area contributed by atoms with E-state index in [-0.39, 0.29) is 14.9 Å². The average molecular weight is 373 g/mol. The van der Waals surface area contributed by atoms with Crippen LogP contribution in [-0.4, -0.2) is 19.2 Å². The van der Waals surface area contributed by atoms with Crippen LogP contribution < -0.4 is 0 Å². The summed E-state index contributed by atoms with van der Waals surface area (Å²) < 4.78 is 25.9. The van der Waals surface area contributed by atoms with Crippen molar-refractivity contribution in [2.24, 2.45) is 11.8 Å². The van der Waals surface area contributed by atoms with Crippen LogP contribution in [0.5, 0.6) is 0 Å².